The van der Waals surface area contributed by atoms with Gasteiger partial charge in [0.05, 0.1) is 30.4 Å². The zero-order valence-corrected chi connectivity index (χ0v) is 15.4. The molecule has 1 rings (SSSR count). The maximum absolute atomic E-state index is 11.8. The topological polar surface area (TPSA) is 154 Å². The predicted molar refractivity (Wildman–Crippen MR) is 96.5 cm³/mol. The maximum atomic E-state index is 11.8. The molecule has 0 aromatic carbocycles. The van der Waals surface area contributed by atoms with E-state index in [9.17, 15) is 30.3 Å². The first kappa shape index (κ1) is 22.8. The number of carbonyl (C=O) groups is 1. The summed E-state index contributed by atoms with van der Waals surface area (Å²) in [6.07, 6.45) is -1.18. The van der Waals surface area contributed by atoms with Crippen molar-refractivity contribution in [1.29, 1.82) is 0 Å². The lowest BCUT2D eigenvalue weighted by Gasteiger charge is -2.30. The fourth-order valence-corrected chi connectivity index (χ4v) is 2.78. The van der Waals surface area contributed by atoms with Crippen molar-refractivity contribution in [3.05, 3.63) is 12.2 Å². The average Bonchev–Trinajstić information content (AvgIpc) is 2.72. The molecule has 1 aliphatic carbocycles. The van der Waals surface area contributed by atoms with Gasteiger partial charge in [0, 0.05) is 19.5 Å². The molecule has 1 aliphatic rings. The van der Waals surface area contributed by atoms with Crippen molar-refractivity contribution in [2.45, 2.75) is 75.7 Å². The molecule has 0 aliphatic heterocycles. The van der Waals surface area contributed by atoms with Gasteiger partial charge in [-0.3, -0.25) is 0 Å². The Balaban J connectivity index is 2.72. The highest BCUT2D eigenvalue weighted by atomic mass is 16.4. The third-order valence-electron chi connectivity index (χ3n) is 4.51. The van der Waals surface area contributed by atoms with Gasteiger partial charge in [-0.25, -0.2) is 4.79 Å². The minimum atomic E-state index is -1.30. The molecule has 0 saturated heterocycles. The summed E-state index contributed by atoms with van der Waals surface area (Å²) < 4.78 is 0. The van der Waals surface area contributed by atoms with Crippen LogP contribution in [0.25, 0.3) is 0 Å². The van der Waals surface area contributed by atoms with Gasteiger partial charge in [0.15, 0.2) is 0 Å². The molecular weight excluding hydrogens is 342 g/mol. The highest BCUT2D eigenvalue weighted by molar-refractivity contribution is 5.74. The minimum absolute atomic E-state index is 0.0969. The van der Waals surface area contributed by atoms with Gasteiger partial charge in [0.1, 0.15) is 12.2 Å². The van der Waals surface area contributed by atoms with Gasteiger partial charge >= 0.3 is 6.03 Å². The summed E-state index contributed by atoms with van der Waals surface area (Å²) in [4.78, 5) is 11.8. The van der Waals surface area contributed by atoms with Crippen LogP contribution in [0.4, 0.5) is 4.79 Å². The summed E-state index contributed by atoms with van der Waals surface area (Å²) >= 11 is 0. The average molecular weight is 375 g/mol. The Morgan fingerprint density at radius 2 is 1.88 bits per heavy atom. The number of urea groups is 1. The molecule has 0 heterocycles. The second-order valence-electron chi connectivity index (χ2n) is 6.62. The number of carbonyl (C=O) groups excluding carboxylic acids is 1. The van der Waals surface area contributed by atoms with Crippen molar-refractivity contribution in [2.75, 3.05) is 13.1 Å². The first-order valence-electron chi connectivity index (χ1n) is 9.14. The lowest BCUT2D eigenvalue weighted by molar-refractivity contribution is -0.0624. The zero-order chi connectivity index (χ0) is 19.7. The Morgan fingerprint density at radius 3 is 2.50 bits per heavy atom. The van der Waals surface area contributed by atoms with Gasteiger partial charge in [-0.2, -0.15) is 0 Å². The van der Waals surface area contributed by atoms with Crippen LogP contribution >= 0.6 is 0 Å². The lowest BCUT2D eigenvalue weighted by Crippen LogP contribution is -2.56. The van der Waals surface area contributed by atoms with Crippen LogP contribution in [-0.2, 0) is 0 Å². The Morgan fingerprint density at radius 1 is 1.19 bits per heavy atom. The van der Waals surface area contributed by atoms with Crippen LogP contribution < -0.4 is 16.0 Å². The smallest absolute Gasteiger partial charge is 0.315 e. The molecular formula is C17H33N3O6. The van der Waals surface area contributed by atoms with Crippen molar-refractivity contribution in [3.63, 3.8) is 0 Å². The van der Waals surface area contributed by atoms with E-state index in [2.05, 4.69) is 16.0 Å². The van der Waals surface area contributed by atoms with E-state index in [1.807, 2.05) is 0 Å². The van der Waals surface area contributed by atoms with E-state index in [1.165, 1.54) is 0 Å². The van der Waals surface area contributed by atoms with Crippen molar-refractivity contribution in [3.8, 4) is 0 Å². The standard InChI is InChI=1S/C17H33N3O6/c1-3-10(21)8-14(23)12(20-17(26)18-4-2)9-19-11-6-5-7-13(22)16(25)15(11)24/h5-6,10-16,19,21-25H,3-4,7-9H2,1-2H3,(H2,18,20,26). The van der Waals surface area contributed by atoms with E-state index in [-0.39, 0.29) is 19.4 Å². The monoisotopic (exact) mass is 375 g/mol. The van der Waals surface area contributed by atoms with Gasteiger partial charge in [-0.1, -0.05) is 19.1 Å². The number of amides is 2. The van der Waals surface area contributed by atoms with Gasteiger partial charge in [-0.05, 0) is 19.8 Å². The summed E-state index contributed by atoms with van der Waals surface area (Å²) in [5, 5.41) is 58.1. The van der Waals surface area contributed by atoms with Gasteiger partial charge in [-0.15, -0.1) is 0 Å². The second kappa shape index (κ2) is 11.5. The second-order valence-corrected chi connectivity index (χ2v) is 6.62. The SMILES string of the molecule is CCNC(=O)NC(CNC1C=CCC(O)C(O)C1O)C(O)CC(O)CC. The number of hydrogen-bond acceptors (Lipinski definition) is 7. The predicted octanol–water partition coefficient (Wildman–Crippen LogP) is -1.80. The van der Waals surface area contributed by atoms with Crippen LogP contribution in [0.2, 0.25) is 0 Å². The highest BCUT2D eigenvalue weighted by Crippen LogP contribution is 2.14. The number of rotatable bonds is 9. The Bertz CT molecular complexity index is 450. The normalized spacial score (nSPS) is 29.5. The fraction of sp³-hybridized carbons (Fsp3) is 0.824. The fourth-order valence-electron chi connectivity index (χ4n) is 2.78. The quantitative estimate of drug-likeness (QED) is 0.221. The molecule has 0 aromatic rings. The highest BCUT2D eigenvalue weighted by Gasteiger charge is 2.32. The number of hydrogen-bond donors (Lipinski definition) is 8. The summed E-state index contributed by atoms with van der Waals surface area (Å²) in [6, 6.07) is -1.81. The van der Waals surface area contributed by atoms with Crippen molar-refractivity contribution < 1.29 is 30.3 Å². The van der Waals surface area contributed by atoms with Crippen molar-refractivity contribution in [2.24, 2.45) is 0 Å². The Hall–Kier alpha value is -1.23. The van der Waals surface area contributed by atoms with Gasteiger partial charge < -0.3 is 41.5 Å². The summed E-state index contributed by atoms with van der Waals surface area (Å²) in [6.45, 7) is 4.09. The molecule has 26 heavy (non-hydrogen) atoms. The molecule has 7 unspecified atom stereocenters. The van der Waals surface area contributed by atoms with Crippen LogP contribution in [0.3, 0.4) is 0 Å². The zero-order valence-electron chi connectivity index (χ0n) is 15.4. The third-order valence-corrected chi connectivity index (χ3v) is 4.51. The largest absolute Gasteiger partial charge is 0.393 e. The molecule has 9 nitrogen and oxygen atoms in total. The van der Waals surface area contributed by atoms with Crippen molar-refractivity contribution in [1.82, 2.24) is 16.0 Å². The molecule has 0 radical (unpaired) electrons. The van der Waals surface area contributed by atoms with E-state index < -0.39 is 48.6 Å². The third kappa shape index (κ3) is 7.18. The Labute approximate surface area is 154 Å². The molecule has 0 saturated carbocycles. The molecule has 7 atom stereocenters. The molecule has 0 spiro atoms. The molecule has 0 fully saturated rings. The van der Waals surface area contributed by atoms with E-state index in [4.69, 9.17) is 0 Å². The van der Waals surface area contributed by atoms with E-state index in [0.717, 1.165) is 0 Å². The van der Waals surface area contributed by atoms with Crippen LogP contribution in [0.15, 0.2) is 12.2 Å². The van der Waals surface area contributed by atoms with Crippen molar-refractivity contribution >= 4 is 6.03 Å². The molecule has 9 heteroatoms. The minimum Gasteiger partial charge on any atom is -0.393 e. The summed E-state index contributed by atoms with van der Waals surface area (Å²) in [5.74, 6) is 0. The van der Waals surface area contributed by atoms with Gasteiger partial charge in [0.2, 0.25) is 0 Å². The number of aliphatic hydroxyl groups excluding tert-OH is 5. The first-order valence-corrected chi connectivity index (χ1v) is 9.14. The molecule has 152 valence electrons. The molecule has 2 amide bonds. The molecule has 0 aromatic heterocycles. The van der Waals surface area contributed by atoms with Crippen LogP contribution in [0.5, 0.6) is 0 Å². The van der Waals surface area contributed by atoms with Crippen LogP contribution in [-0.4, -0.2) is 87.3 Å². The molecule has 0 bridgehead atoms. The van der Waals surface area contributed by atoms with E-state index >= 15 is 0 Å². The first-order chi connectivity index (χ1) is 12.3. The van der Waals surface area contributed by atoms with Crippen LogP contribution in [0, 0.1) is 0 Å². The number of aliphatic hydroxyl groups is 5. The van der Waals surface area contributed by atoms with E-state index in [1.54, 1.807) is 26.0 Å². The lowest BCUT2D eigenvalue weighted by atomic mass is 10.0. The summed E-state index contributed by atoms with van der Waals surface area (Å²) in [7, 11) is 0. The number of nitrogens with one attached hydrogen (secondary N) is 3. The van der Waals surface area contributed by atoms with E-state index in [0.29, 0.717) is 13.0 Å². The van der Waals surface area contributed by atoms with Gasteiger partial charge in [0.25, 0.3) is 0 Å². The molecule has 8 N–H and O–H groups in total. The Kier molecular flexibility index (Phi) is 10.1. The van der Waals surface area contributed by atoms with Crippen LogP contribution in [0.1, 0.15) is 33.1 Å². The summed E-state index contributed by atoms with van der Waals surface area (Å²) in [5.41, 5.74) is 0. The maximum Gasteiger partial charge on any atom is 0.315 e.